The summed E-state index contributed by atoms with van der Waals surface area (Å²) < 4.78 is 5.50. The molecule has 3 heterocycles. The van der Waals surface area contributed by atoms with E-state index in [1.807, 2.05) is 24.3 Å². The van der Waals surface area contributed by atoms with Crippen molar-refractivity contribution in [1.29, 1.82) is 0 Å². The minimum atomic E-state index is -0.894. The molecule has 0 bridgehead atoms. The monoisotopic (exact) mass is 633 g/mol. The minimum absolute atomic E-state index is 0.0956. The predicted molar refractivity (Wildman–Crippen MR) is 168 cm³/mol. The summed E-state index contributed by atoms with van der Waals surface area (Å²) in [6.45, 7) is 6.60. The quantitative estimate of drug-likeness (QED) is 0.405. The van der Waals surface area contributed by atoms with E-state index in [1.165, 1.54) is 21.9 Å². The molecule has 3 unspecified atom stereocenters. The third-order valence-electron chi connectivity index (χ3n) is 8.59. The van der Waals surface area contributed by atoms with Gasteiger partial charge in [0.15, 0.2) is 0 Å². The van der Waals surface area contributed by atoms with Crippen molar-refractivity contribution in [3.63, 3.8) is 0 Å². The van der Waals surface area contributed by atoms with Gasteiger partial charge in [-0.3, -0.25) is 24.1 Å². The molecule has 0 radical (unpaired) electrons. The van der Waals surface area contributed by atoms with Gasteiger partial charge in [0.05, 0.1) is 6.54 Å². The normalized spacial score (nSPS) is 19.8. The zero-order valence-electron chi connectivity index (χ0n) is 26.7. The average Bonchev–Trinajstić information content (AvgIpc) is 3.78. The molecule has 0 saturated carbocycles. The summed E-state index contributed by atoms with van der Waals surface area (Å²) in [5, 5.41) is 15.1. The molecule has 2 saturated heterocycles. The van der Waals surface area contributed by atoms with Crippen LogP contribution in [-0.4, -0.2) is 92.9 Å². The van der Waals surface area contributed by atoms with Gasteiger partial charge in [-0.15, -0.1) is 0 Å². The van der Waals surface area contributed by atoms with E-state index in [2.05, 4.69) is 10.6 Å². The zero-order valence-corrected chi connectivity index (χ0v) is 26.7. The maximum Gasteiger partial charge on any atom is 0.410 e. The van der Waals surface area contributed by atoms with Crippen molar-refractivity contribution >= 4 is 29.7 Å². The molecule has 3 atom stereocenters. The Bertz CT molecular complexity index is 1450. The van der Waals surface area contributed by atoms with Crippen LogP contribution >= 0.6 is 0 Å². The van der Waals surface area contributed by atoms with Crippen LogP contribution in [0.1, 0.15) is 63.1 Å². The lowest BCUT2D eigenvalue weighted by Gasteiger charge is -2.32. The number of fused-ring (bicyclic) bond motifs is 1. The van der Waals surface area contributed by atoms with Crippen molar-refractivity contribution in [2.45, 2.75) is 89.7 Å². The van der Waals surface area contributed by atoms with E-state index in [-0.39, 0.29) is 30.5 Å². The van der Waals surface area contributed by atoms with Crippen molar-refractivity contribution in [1.82, 2.24) is 25.3 Å². The number of amides is 5. The first-order valence-corrected chi connectivity index (χ1v) is 15.9. The summed E-state index contributed by atoms with van der Waals surface area (Å²) in [6, 6.07) is 11.9. The van der Waals surface area contributed by atoms with E-state index in [0.717, 1.165) is 16.7 Å². The average molecular weight is 634 g/mol. The molecule has 0 aliphatic carbocycles. The first kappa shape index (κ1) is 32.8. The highest BCUT2D eigenvalue weighted by molar-refractivity contribution is 5.94. The standard InChI is InChI=1S/C34H43N5O7/c1-34(2,3)46-33(45)39-17-7-11-28(39)32(44)38-16-6-10-27(38)30(42)35-19-29(41)36-26(18-22-12-14-25(40)15-13-22)31(43)37-20-23-8-4-5-9-24(23)21-37/h4-5,8-9,12-15,26-28,40H,6-7,10-11,16-21H2,1-3H3,(H,35,42)(H,36,41). The number of hydrogen-bond donors (Lipinski definition) is 3. The van der Waals surface area contributed by atoms with Gasteiger partial charge in [-0.25, -0.2) is 4.79 Å². The molecule has 246 valence electrons. The van der Waals surface area contributed by atoms with Gasteiger partial charge in [0.25, 0.3) is 0 Å². The van der Waals surface area contributed by atoms with Crippen molar-refractivity contribution < 1.29 is 33.8 Å². The van der Waals surface area contributed by atoms with E-state index < -0.39 is 41.6 Å². The number of phenolic OH excluding ortho intramolecular Hbond substituents is 1. The van der Waals surface area contributed by atoms with Crippen molar-refractivity contribution in [2.75, 3.05) is 19.6 Å². The van der Waals surface area contributed by atoms with Crippen LogP contribution < -0.4 is 10.6 Å². The first-order valence-electron chi connectivity index (χ1n) is 15.9. The molecule has 5 rings (SSSR count). The highest BCUT2D eigenvalue weighted by atomic mass is 16.6. The summed E-state index contributed by atoms with van der Waals surface area (Å²) in [4.78, 5) is 71.0. The molecule has 12 heteroatoms. The molecule has 0 aromatic heterocycles. The minimum Gasteiger partial charge on any atom is -0.508 e. The molecule has 3 aliphatic heterocycles. The highest BCUT2D eigenvalue weighted by Crippen LogP contribution is 2.27. The second-order valence-electron chi connectivity index (χ2n) is 13.2. The molecule has 12 nitrogen and oxygen atoms in total. The van der Waals surface area contributed by atoms with Crippen LogP contribution in [0.2, 0.25) is 0 Å². The van der Waals surface area contributed by atoms with Crippen LogP contribution in [0.4, 0.5) is 4.79 Å². The number of carbonyl (C=O) groups is 5. The lowest BCUT2D eigenvalue weighted by molar-refractivity contribution is -0.142. The number of benzene rings is 2. The predicted octanol–water partition coefficient (Wildman–Crippen LogP) is 2.47. The molecule has 2 fully saturated rings. The SMILES string of the molecule is CC(C)(C)OC(=O)N1CCCC1C(=O)N1CCCC1C(=O)NCC(=O)NC(Cc1ccc(O)cc1)C(=O)N1Cc2ccccc2C1. The summed E-state index contributed by atoms with van der Waals surface area (Å²) in [7, 11) is 0. The van der Waals surface area contributed by atoms with Gasteiger partial charge in [0.2, 0.25) is 23.6 Å². The maximum absolute atomic E-state index is 13.7. The van der Waals surface area contributed by atoms with Gasteiger partial charge in [-0.2, -0.15) is 0 Å². The van der Waals surface area contributed by atoms with E-state index in [4.69, 9.17) is 4.74 Å². The van der Waals surface area contributed by atoms with E-state index in [9.17, 15) is 29.1 Å². The Labute approximate surface area is 269 Å². The van der Waals surface area contributed by atoms with Crippen molar-refractivity contribution in [3.05, 3.63) is 65.2 Å². The Morgan fingerprint density at radius 1 is 0.891 bits per heavy atom. The number of nitrogens with zero attached hydrogens (tertiary/aromatic N) is 3. The Balaban J connectivity index is 1.19. The van der Waals surface area contributed by atoms with Gasteiger partial charge in [-0.05, 0) is 75.3 Å². The van der Waals surface area contributed by atoms with E-state index in [1.54, 1.807) is 37.8 Å². The van der Waals surface area contributed by atoms with Gasteiger partial charge >= 0.3 is 6.09 Å². The van der Waals surface area contributed by atoms with Crippen LogP contribution in [0, 0.1) is 0 Å². The van der Waals surface area contributed by atoms with Gasteiger partial charge in [0.1, 0.15) is 29.5 Å². The Hall–Kier alpha value is -4.61. The van der Waals surface area contributed by atoms with Crippen molar-refractivity contribution in [3.8, 4) is 5.75 Å². The molecule has 2 aromatic carbocycles. The Morgan fingerprint density at radius 3 is 2.13 bits per heavy atom. The maximum atomic E-state index is 13.7. The van der Waals surface area contributed by atoms with Gasteiger partial charge < -0.3 is 30.3 Å². The van der Waals surface area contributed by atoms with Gasteiger partial charge in [0, 0.05) is 32.6 Å². The third kappa shape index (κ3) is 7.78. The number of ether oxygens (including phenoxy) is 1. The van der Waals surface area contributed by atoms with Crippen LogP contribution in [0.5, 0.6) is 5.75 Å². The molecule has 3 aliphatic rings. The second-order valence-corrected chi connectivity index (χ2v) is 13.2. The largest absolute Gasteiger partial charge is 0.508 e. The molecular weight excluding hydrogens is 590 g/mol. The van der Waals surface area contributed by atoms with E-state index in [0.29, 0.717) is 51.9 Å². The molecular formula is C34H43N5O7. The van der Waals surface area contributed by atoms with E-state index >= 15 is 0 Å². The number of phenols is 1. The highest BCUT2D eigenvalue weighted by Gasteiger charge is 2.43. The number of likely N-dealkylation sites (tertiary alicyclic amines) is 2. The molecule has 46 heavy (non-hydrogen) atoms. The summed E-state index contributed by atoms with van der Waals surface area (Å²) >= 11 is 0. The fourth-order valence-corrected chi connectivity index (χ4v) is 6.36. The number of hydrogen-bond acceptors (Lipinski definition) is 7. The summed E-state index contributed by atoms with van der Waals surface area (Å²) in [6.07, 6.45) is 1.87. The summed E-state index contributed by atoms with van der Waals surface area (Å²) in [5.74, 6) is -1.44. The van der Waals surface area contributed by atoms with Crippen LogP contribution in [0.25, 0.3) is 0 Å². The van der Waals surface area contributed by atoms with Crippen molar-refractivity contribution in [2.24, 2.45) is 0 Å². The fraction of sp³-hybridized carbons (Fsp3) is 0.500. The van der Waals surface area contributed by atoms with Crippen LogP contribution in [0.3, 0.4) is 0 Å². The van der Waals surface area contributed by atoms with Crippen LogP contribution in [0.15, 0.2) is 48.5 Å². The fourth-order valence-electron chi connectivity index (χ4n) is 6.36. The summed E-state index contributed by atoms with van der Waals surface area (Å²) in [5.41, 5.74) is 2.17. The lowest BCUT2D eigenvalue weighted by atomic mass is 10.0. The lowest BCUT2D eigenvalue weighted by Crippen LogP contribution is -2.55. The zero-order chi connectivity index (χ0) is 33.0. The Morgan fingerprint density at radius 2 is 1.50 bits per heavy atom. The first-order chi connectivity index (χ1) is 21.9. The number of aromatic hydroxyl groups is 1. The number of nitrogens with one attached hydrogen (secondary N) is 2. The molecule has 2 aromatic rings. The molecule has 3 N–H and O–H groups in total. The molecule has 5 amide bonds. The third-order valence-corrected chi connectivity index (χ3v) is 8.59. The topological polar surface area (TPSA) is 149 Å². The Kier molecular flexibility index (Phi) is 9.83. The smallest absolute Gasteiger partial charge is 0.410 e. The number of rotatable bonds is 8. The van der Waals surface area contributed by atoms with Crippen LogP contribution in [-0.2, 0) is 43.4 Å². The number of carbonyl (C=O) groups excluding carboxylic acids is 5. The van der Waals surface area contributed by atoms with Gasteiger partial charge in [-0.1, -0.05) is 36.4 Å². The molecule has 0 spiro atoms. The second kappa shape index (κ2) is 13.8.